The quantitative estimate of drug-likeness (QED) is 0.0542. The van der Waals surface area contributed by atoms with Crippen LogP contribution in [0.1, 0.15) is 168 Å². The van der Waals surface area contributed by atoms with Gasteiger partial charge in [0, 0.05) is 13.1 Å². The number of nitrogens with one attached hydrogen (secondary N) is 1. The van der Waals surface area contributed by atoms with Gasteiger partial charge in [-0.1, -0.05) is 129 Å². The van der Waals surface area contributed by atoms with Crippen molar-refractivity contribution in [2.75, 3.05) is 66.6 Å². The molecule has 1 N–H and O–H groups in total. The summed E-state index contributed by atoms with van der Waals surface area (Å²) in [4.78, 5) is 29.0. The number of hydrogen-bond donors (Lipinski definition) is 1. The monoisotopic (exact) mass is 640 g/mol. The molecule has 268 valence electrons. The molecule has 0 heterocycles. The number of ether oxygens (including phenoxy) is 2. The van der Waals surface area contributed by atoms with Crippen LogP contribution < -0.4 is 5.32 Å². The molecule has 0 aliphatic rings. The van der Waals surface area contributed by atoms with Gasteiger partial charge in [-0.2, -0.15) is 0 Å². The second-order valence-electron chi connectivity index (χ2n) is 13.4. The van der Waals surface area contributed by atoms with E-state index in [2.05, 4.69) is 43.1 Å². The molecule has 45 heavy (non-hydrogen) atoms. The molecule has 0 unspecified atom stereocenters. The van der Waals surface area contributed by atoms with Gasteiger partial charge in [0.1, 0.15) is 0 Å². The topological polar surface area (TPSA) is 71.1 Å². The van der Waals surface area contributed by atoms with Crippen LogP contribution in [0.3, 0.4) is 0 Å². The van der Waals surface area contributed by atoms with Crippen molar-refractivity contribution in [2.24, 2.45) is 0 Å². The van der Waals surface area contributed by atoms with E-state index in [1.165, 1.54) is 103 Å². The Bertz CT molecular complexity index is 632. The van der Waals surface area contributed by atoms with Gasteiger partial charge in [0.15, 0.2) is 0 Å². The van der Waals surface area contributed by atoms with Gasteiger partial charge < -0.3 is 24.6 Å². The smallest absolute Gasteiger partial charge is 0.307 e. The molecule has 0 aliphatic heterocycles. The van der Waals surface area contributed by atoms with Crippen molar-refractivity contribution in [2.45, 2.75) is 168 Å². The number of hydrogen-bond acceptors (Lipinski definition) is 7. The molecule has 7 heteroatoms. The minimum Gasteiger partial charge on any atom is -0.466 e. The predicted molar refractivity (Wildman–Crippen MR) is 192 cm³/mol. The van der Waals surface area contributed by atoms with Gasteiger partial charge >= 0.3 is 11.9 Å². The fraction of sp³-hybridized carbons (Fsp3) is 0.947. The van der Waals surface area contributed by atoms with E-state index in [0.717, 1.165) is 71.2 Å². The van der Waals surface area contributed by atoms with Crippen molar-refractivity contribution in [3.8, 4) is 0 Å². The highest BCUT2D eigenvalue weighted by Crippen LogP contribution is 2.12. The molecular formula is C38H77N3O4. The van der Waals surface area contributed by atoms with Gasteiger partial charge in [0.25, 0.3) is 0 Å². The Hall–Kier alpha value is -1.18. The molecule has 0 aromatic heterocycles. The highest BCUT2D eigenvalue weighted by Gasteiger charge is 2.10. The highest BCUT2D eigenvalue weighted by atomic mass is 16.5. The van der Waals surface area contributed by atoms with Crippen molar-refractivity contribution in [1.29, 1.82) is 0 Å². The molecule has 0 atom stereocenters. The molecule has 0 bridgehead atoms. The van der Waals surface area contributed by atoms with Crippen molar-refractivity contribution in [1.82, 2.24) is 15.1 Å². The Morgan fingerprint density at radius 2 is 0.889 bits per heavy atom. The highest BCUT2D eigenvalue weighted by molar-refractivity contribution is 5.69. The molecule has 0 aliphatic carbocycles. The van der Waals surface area contributed by atoms with Gasteiger partial charge in [-0.15, -0.1) is 0 Å². The first-order valence-corrected chi connectivity index (χ1v) is 19.4. The van der Waals surface area contributed by atoms with E-state index < -0.39 is 0 Å². The molecule has 0 rings (SSSR count). The first kappa shape index (κ1) is 43.8. The Morgan fingerprint density at radius 1 is 0.467 bits per heavy atom. The molecule has 0 fully saturated rings. The van der Waals surface area contributed by atoms with Crippen molar-refractivity contribution >= 4 is 11.9 Å². The van der Waals surface area contributed by atoms with Gasteiger partial charge in [0.05, 0.1) is 26.1 Å². The zero-order valence-electron chi connectivity index (χ0n) is 30.7. The second-order valence-corrected chi connectivity index (χ2v) is 13.4. The third kappa shape index (κ3) is 35.5. The molecule has 0 spiro atoms. The summed E-state index contributed by atoms with van der Waals surface area (Å²) in [6, 6.07) is 0. The maximum Gasteiger partial charge on any atom is 0.307 e. The van der Waals surface area contributed by atoms with Crippen molar-refractivity contribution in [3.05, 3.63) is 0 Å². The van der Waals surface area contributed by atoms with E-state index in [4.69, 9.17) is 9.47 Å². The lowest BCUT2D eigenvalue weighted by Crippen LogP contribution is -2.32. The van der Waals surface area contributed by atoms with Crippen molar-refractivity contribution < 1.29 is 19.1 Å². The summed E-state index contributed by atoms with van der Waals surface area (Å²) in [6.07, 6.45) is 28.6. The van der Waals surface area contributed by atoms with Gasteiger partial charge in [0.2, 0.25) is 0 Å². The maximum absolute atomic E-state index is 12.3. The third-order valence-electron chi connectivity index (χ3n) is 8.57. The summed E-state index contributed by atoms with van der Waals surface area (Å²) >= 11 is 0. The van der Waals surface area contributed by atoms with Crippen LogP contribution in [0.2, 0.25) is 0 Å². The lowest BCUT2D eigenvalue weighted by atomic mass is 10.1. The molecular weight excluding hydrogens is 562 g/mol. The average molecular weight is 640 g/mol. The summed E-state index contributed by atoms with van der Waals surface area (Å²) in [5.74, 6) is -0.168. The summed E-state index contributed by atoms with van der Waals surface area (Å²) in [5, 5.41) is 3.39. The number of nitrogens with zero attached hydrogens (tertiary/aromatic N) is 2. The average Bonchev–Trinajstić information content (AvgIpc) is 3.02. The largest absolute Gasteiger partial charge is 0.466 e. The maximum atomic E-state index is 12.3. The van der Waals surface area contributed by atoms with Gasteiger partial charge in [-0.3, -0.25) is 9.59 Å². The van der Waals surface area contributed by atoms with Crippen LogP contribution in [-0.4, -0.2) is 88.3 Å². The number of unbranched alkanes of at least 4 members (excludes halogenated alkanes) is 18. The van der Waals surface area contributed by atoms with Gasteiger partial charge in [-0.25, -0.2) is 0 Å². The molecule has 0 aromatic rings. The van der Waals surface area contributed by atoms with Crippen LogP contribution in [0, 0.1) is 0 Å². The molecule has 0 aromatic carbocycles. The van der Waals surface area contributed by atoms with E-state index in [-0.39, 0.29) is 11.9 Å². The Morgan fingerprint density at radius 3 is 1.36 bits per heavy atom. The van der Waals surface area contributed by atoms with Crippen LogP contribution in [0.5, 0.6) is 0 Å². The molecule has 0 saturated heterocycles. The zero-order chi connectivity index (χ0) is 33.1. The fourth-order valence-electron chi connectivity index (χ4n) is 5.63. The minimum absolute atomic E-state index is 0.0713. The molecule has 7 nitrogen and oxygen atoms in total. The third-order valence-corrected chi connectivity index (χ3v) is 8.57. The van der Waals surface area contributed by atoms with E-state index in [1.54, 1.807) is 0 Å². The number of rotatable bonds is 36. The first-order chi connectivity index (χ1) is 22.0. The minimum atomic E-state index is -0.0972. The van der Waals surface area contributed by atoms with E-state index in [1.807, 2.05) is 0 Å². The van der Waals surface area contributed by atoms with Crippen LogP contribution in [0.15, 0.2) is 0 Å². The fourth-order valence-corrected chi connectivity index (χ4v) is 5.63. The molecule has 0 radical (unpaired) electrons. The first-order valence-electron chi connectivity index (χ1n) is 19.4. The van der Waals surface area contributed by atoms with E-state index in [9.17, 15) is 9.59 Å². The Labute approximate surface area is 280 Å². The number of carbonyl (C=O) groups is 2. The summed E-state index contributed by atoms with van der Waals surface area (Å²) in [6.45, 7) is 10.9. The van der Waals surface area contributed by atoms with E-state index in [0.29, 0.717) is 32.6 Å². The summed E-state index contributed by atoms with van der Waals surface area (Å²) in [7, 11) is 4.20. The van der Waals surface area contributed by atoms with Crippen LogP contribution >= 0.6 is 0 Å². The summed E-state index contributed by atoms with van der Waals surface area (Å²) in [5.41, 5.74) is 0. The van der Waals surface area contributed by atoms with Crippen LogP contribution in [0.25, 0.3) is 0 Å². The Balaban J connectivity index is 3.84. The Kier molecular flexibility index (Phi) is 34.7. The normalized spacial score (nSPS) is 11.5. The standard InChI is InChI=1S/C38H77N3O4/c1-5-7-9-11-13-15-17-19-21-23-35-44-37(42)27-30-39-29-25-32-41(33-26-31-40(3)4)34-28-38(43)45-36-24-22-20-18-16-14-12-10-8-6-2/h39H,5-36H2,1-4H3. The number of carbonyl (C=O) groups excluding carboxylic acids is 2. The SMILES string of the molecule is CCCCCCCCCCCCOC(=O)CCNCCCN(CCCN(C)C)CCC(=O)OCCCCCCCCCCCC. The van der Waals surface area contributed by atoms with Gasteiger partial charge in [-0.05, 0) is 66.0 Å². The predicted octanol–water partition coefficient (Wildman–Crippen LogP) is 8.93. The molecule has 0 amide bonds. The second kappa shape index (κ2) is 35.7. The number of esters is 2. The zero-order valence-corrected chi connectivity index (χ0v) is 30.7. The van der Waals surface area contributed by atoms with Crippen molar-refractivity contribution in [3.63, 3.8) is 0 Å². The van der Waals surface area contributed by atoms with E-state index >= 15 is 0 Å². The van der Waals surface area contributed by atoms with Crippen LogP contribution in [-0.2, 0) is 19.1 Å². The molecule has 0 saturated carbocycles. The summed E-state index contributed by atoms with van der Waals surface area (Å²) < 4.78 is 10.9. The van der Waals surface area contributed by atoms with Crippen LogP contribution in [0.4, 0.5) is 0 Å². The lowest BCUT2D eigenvalue weighted by Gasteiger charge is -2.23. The lowest BCUT2D eigenvalue weighted by molar-refractivity contribution is -0.144.